The van der Waals surface area contributed by atoms with Crippen LogP contribution in [-0.4, -0.2) is 17.6 Å². The first-order valence-corrected chi connectivity index (χ1v) is 7.93. The van der Waals surface area contributed by atoms with Crippen molar-refractivity contribution in [2.24, 2.45) is 0 Å². The highest BCUT2D eigenvalue weighted by Gasteiger charge is 2.21. The van der Waals surface area contributed by atoms with Gasteiger partial charge in [-0.1, -0.05) is 46.9 Å². The number of phenols is 1. The zero-order chi connectivity index (χ0) is 17.0. The van der Waals surface area contributed by atoms with Crippen LogP contribution in [0.25, 0.3) is 0 Å². The third kappa shape index (κ3) is 4.22. The Hall–Kier alpha value is -1.62. The van der Waals surface area contributed by atoms with Gasteiger partial charge in [-0.3, -0.25) is 4.79 Å². The fraction of sp³-hybridized carbons (Fsp3) is 0.188. The summed E-state index contributed by atoms with van der Waals surface area (Å²) in [5.74, 6) is -0.258. The number of benzene rings is 2. The van der Waals surface area contributed by atoms with E-state index < -0.39 is 11.7 Å². The van der Waals surface area contributed by atoms with Gasteiger partial charge in [0.2, 0.25) is 0 Å². The molecule has 0 aliphatic heterocycles. The van der Waals surface area contributed by atoms with Gasteiger partial charge in [-0.15, -0.1) is 0 Å². The molecular formula is C16H14Cl3NO3. The first-order valence-electron chi connectivity index (χ1n) is 6.80. The molecule has 0 aliphatic carbocycles. The molecule has 2 aromatic rings. The third-order valence-electron chi connectivity index (χ3n) is 3.04. The van der Waals surface area contributed by atoms with Crippen LogP contribution in [0.3, 0.4) is 0 Å². The lowest BCUT2D eigenvalue weighted by Gasteiger charge is -2.11. The van der Waals surface area contributed by atoms with Gasteiger partial charge >= 0.3 is 0 Å². The second kappa shape index (κ2) is 7.77. The maximum absolute atomic E-state index is 12.3. The highest BCUT2D eigenvalue weighted by atomic mass is 35.5. The Bertz CT molecular complexity index is 709. The SMILES string of the molecule is CCOc1cccc(CNC(=O)c2c(O)c(Cl)cc(Cl)c2Cl)c1. The summed E-state index contributed by atoms with van der Waals surface area (Å²) < 4.78 is 5.40. The Morgan fingerprint density at radius 2 is 1.96 bits per heavy atom. The predicted molar refractivity (Wildman–Crippen MR) is 91.9 cm³/mol. The average molecular weight is 375 g/mol. The van der Waals surface area contributed by atoms with E-state index >= 15 is 0 Å². The van der Waals surface area contributed by atoms with Crippen molar-refractivity contribution in [3.8, 4) is 11.5 Å². The number of ether oxygens (including phenoxy) is 1. The lowest BCUT2D eigenvalue weighted by Crippen LogP contribution is -2.23. The lowest BCUT2D eigenvalue weighted by molar-refractivity contribution is 0.0948. The number of aromatic hydroxyl groups is 1. The number of hydrogen-bond acceptors (Lipinski definition) is 3. The molecule has 2 aromatic carbocycles. The van der Waals surface area contributed by atoms with E-state index in [0.717, 1.165) is 5.56 Å². The van der Waals surface area contributed by atoms with E-state index in [1.165, 1.54) is 6.07 Å². The van der Waals surface area contributed by atoms with E-state index in [1.807, 2.05) is 31.2 Å². The van der Waals surface area contributed by atoms with Gasteiger partial charge in [0.15, 0.2) is 0 Å². The molecule has 7 heteroatoms. The summed E-state index contributed by atoms with van der Waals surface area (Å²) in [5, 5.41) is 12.6. The number of amides is 1. The van der Waals surface area contributed by atoms with Crippen molar-refractivity contribution >= 4 is 40.7 Å². The molecular weight excluding hydrogens is 361 g/mol. The minimum atomic E-state index is -0.571. The van der Waals surface area contributed by atoms with Crippen LogP contribution in [0.15, 0.2) is 30.3 Å². The summed E-state index contributed by atoms with van der Waals surface area (Å²) in [5.41, 5.74) is 0.693. The Labute approximate surface area is 148 Å². The van der Waals surface area contributed by atoms with Crippen molar-refractivity contribution < 1.29 is 14.6 Å². The van der Waals surface area contributed by atoms with Crippen LogP contribution in [0.4, 0.5) is 0 Å². The first kappa shape index (κ1) is 17.7. The number of carbonyl (C=O) groups is 1. The van der Waals surface area contributed by atoms with Crippen molar-refractivity contribution in [2.45, 2.75) is 13.5 Å². The zero-order valence-corrected chi connectivity index (χ0v) is 14.5. The highest BCUT2D eigenvalue weighted by molar-refractivity contribution is 6.45. The number of halogens is 3. The minimum Gasteiger partial charge on any atom is -0.505 e. The molecule has 1 amide bonds. The molecule has 0 radical (unpaired) electrons. The summed E-state index contributed by atoms with van der Waals surface area (Å²) in [4.78, 5) is 12.3. The summed E-state index contributed by atoms with van der Waals surface area (Å²) in [6.45, 7) is 2.68. The Morgan fingerprint density at radius 1 is 1.22 bits per heavy atom. The molecule has 0 atom stereocenters. The number of phenolic OH excluding ortho intramolecular Hbond substituents is 1. The molecule has 23 heavy (non-hydrogen) atoms. The Balaban J connectivity index is 2.16. The zero-order valence-electron chi connectivity index (χ0n) is 12.2. The van der Waals surface area contributed by atoms with E-state index in [9.17, 15) is 9.90 Å². The summed E-state index contributed by atoms with van der Waals surface area (Å²) >= 11 is 17.7. The fourth-order valence-corrected chi connectivity index (χ4v) is 2.67. The minimum absolute atomic E-state index is 0.0390. The molecule has 0 saturated carbocycles. The number of hydrogen-bond donors (Lipinski definition) is 2. The average Bonchev–Trinajstić information content (AvgIpc) is 2.52. The van der Waals surface area contributed by atoms with Crippen molar-refractivity contribution in [1.29, 1.82) is 0 Å². The van der Waals surface area contributed by atoms with Crippen molar-refractivity contribution in [3.63, 3.8) is 0 Å². The number of rotatable bonds is 5. The van der Waals surface area contributed by atoms with Crippen molar-refractivity contribution in [3.05, 3.63) is 56.5 Å². The van der Waals surface area contributed by atoms with Gasteiger partial charge in [0.05, 0.1) is 21.7 Å². The van der Waals surface area contributed by atoms with Crippen molar-refractivity contribution in [1.82, 2.24) is 5.32 Å². The molecule has 0 saturated heterocycles. The van der Waals surface area contributed by atoms with Gasteiger partial charge in [-0.05, 0) is 30.7 Å². The Kier molecular flexibility index (Phi) is 5.99. The van der Waals surface area contributed by atoms with Crippen LogP contribution in [0.2, 0.25) is 15.1 Å². The summed E-state index contributed by atoms with van der Waals surface area (Å²) in [7, 11) is 0. The largest absolute Gasteiger partial charge is 0.505 e. The molecule has 4 nitrogen and oxygen atoms in total. The van der Waals surface area contributed by atoms with Crippen LogP contribution < -0.4 is 10.1 Å². The van der Waals surface area contributed by atoms with Gasteiger partial charge in [-0.2, -0.15) is 0 Å². The number of nitrogens with one attached hydrogen (secondary N) is 1. The fourth-order valence-electron chi connectivity index (χ4n) is 1.98. The topological polar surface area (TPSA) is 58.6 Å². The predicted octanol–water partition coefficient (Wildman–Crippen LogP) is 4.68. The smallest absolute Gasteiger partial charge is 0.256 e. The van der Waals surface area contributed by atoms with E-state index in [0.29, 0.717) is 12.4 Å². The monoisotopic (exact) mass is 373 g/mol. The second-order valence-electron chi connectivity index (χ2n) is 4.64. The Morgan fingerprint density at radius 3 is 2.65 bits per heavy atom. The van der Waals surface area contributed by atoms with E-state index in [2.05, 4.69) is 5.32 Å². The van der Waals surface area contributed by atoms with Crippen molar-refractivity contribution in [2.75, 3.05) is 6.61 Å². The number of carbonyl (C=O) groups excluding carboxylic acids is 1. The normalized spacial score (nSPS) is 10.4. The molecule has 2 N–H and O–H groups in total. The van der Waals surface area contributed by atoms with Crippen LogP contribution in [-0.2, 0) is 6.54 Å². The molecule has 0 spiro atoms. The summed E-state index contributed by atoms with van der Waals surface area (Å²) in [6.07, 6.45) is 0. The third-order valence-corrected chi connectivity index (χ3v) is 4.11. The van der Waals surface area contributed by atoms with E-state index in [1.54, 1.807) is 0 Å². The van der Waals surface area contributed by atoms with Gasteiger partial charge in [0, 0.05) is 6.54 Å². The lowest BCUT2D eigenvalue weighted by atomic mass is 10.1. The molecule has 0 fully saturated rings. The molecule has 0 heterocycles. The standard InChI is InChI=1S/C16H14Cl3NO3/c1-2-23-10-5-3-4-9(6-10)8-20-16(22)13-14(19)11(17)7-12(18)15(13)21/h3-7,21H,2,8H2,1H3,(H,20,22). The van der Waals surface area contributed by atoms with Crippen LogP contribution in [0.5, 0.6) is 11.5 Å². The maximum atomic E-state index is 12.3. The van der Waals surface area contributed by atoms with Crippen LogP contribution >= 0.6 is 34.8 Å². The highest BCUT2D eigenvalue weighted by Crippen LogP contribution is 2.38. The van der Waals surface area contributed by atoms with Crippen LogP contribution in [0.1, 0.15) is 22.8 Å². The van der Waals surface area contributed by atoms with Gasteiger partial charge in [-0.25, -0.2) is 0 Å². The second-order valence-corrected chi connectivity index (χ2v) is 5.83. The van der Waals surface area contributed by atoms with Gasteiger partial charge < -0.3 is 15.2 Å². The quantitative estimate of drug-likeness (QED) is 0.747. The van der Waals surface area contributed by atoms with E-state index in [-0.39, 0.29) is 27.2 Å². The molecule has 0 aromatic heterocycles. The first-order chi connectivity index (χ1) is 10.9. The molecule has 0 bridgehead atoms. The molecule has 0 unspecified atom stereocenters. The van der Waals surface area contributed by atoms with E-state index in [4.69, 9.17) is 39.5 Å². The van der Waals surface area contributed by atoms with Crippen LogP contribution in [0, 0.1) is 0 Å². The van der Waals surface area contributed by atoms with Gasteiger partial charge in [0.1, 0.15) is 17.1 Å². The maximum Gasteiger partial charge on any atom is 0.256 e. The molecule has 2 rings (SSSR count). The molecule has 122 valence electrons. The summed E-state index contributed by atoms with van der Waals surface area (Å²) in [6, 6.07) is 8.59. The molecule has 0 aliphatic rings. The van der Waals surface area contributed by atoms with Gasteiger partial charge in [0.25, 0.3) is 5.91 Å².